The largest absolute Gasteiger partial charge is 0.507 e. The molecule has 0 spiro atoms. The molecule has 5 amide bonds. The average molecular weight is 1930 g/mol. The van der Waals surface area contributed by atoms with Gasteiger partial charge in [-0.2, -0.15) is 0 Å². The molecule has 6 aliphatic heterocycles. The van der Waals surface area contributed by atoms with Crippen molar-refractivity contribution in [3.63, 3.8) is 0 Å². The van der Waals surface area contributed by atoms with Gasteiger partial charge in [0.25, 0.3) is 28.5 Å². The number of nitrogens with zero attached hydrogens (tertiary/aromatic N) is 14. The number of carbonyl (C=O) groups excluding carboxylic acids is 5. The molecule has 730 valence electrons. The molecule has 3 fully saturated rings. The van der Waals surface area contributed by atoms with Gasteiger partial charge in [0.05, 0.1) is 134 Å². The van der Waals surface area contributed by atoms with Gasteiger partial charge in [-0.25, -0.2) is 39.5 Å². The number of aliphatic hydroxyl groups excluding tert-OH is 3. The molecule has 0 radical (unpaired) electrons. The van der Waals surface area contributed by atoms with E-state index in [-0.39, 0.29) is 148 Å². The second-order valence-electron chi connectivity index (χ2n) is 36.7. The van der Waals surface area contributed by atoms with Crippen molar-refractivity contribution in [1.82, 2.24) is 38.5 Å². The number of aliphatic hydroxyl groups is 3. The van der Waals surface area contributed by atoms with Crippen molar-refractivity contribution in [2.24, 2.45) is 5.92 Å². The van der Waals surface area contributed by atoms with E-state index in [4.69, 9.17) is 0 Å². The molecule has 0 unspecified atom stereocenters. The quantitative estimate of drug-likeness (QED) is 0.0364. The lowest BCUT2D eigenvalue weighted by Gasteiger charge is -2.50. The molecule has 6 N–H and O–H groups in total. The van der Waals surface area contributed by atoms with Crippen LogP contribution in [0.2, 0.25) is 0 Å². The monoisotopic (exact) mass is 1930 g/mol. The van der Waals surface area contributed by atoms with Crippen molar-refractivity contribution in [2.45, 2.75) is 144 Å². The van der Waals surface area contributed by atoms with Crippen molar-refractivity contribution in [3.05, 3.63) is 252 Å². The molecule has 6 aromatic heterocycles. The van der Waals surface area contributed by atoms with Gasteiger partial charge in [0.1, 0.15) is 87.3 Å². The smallest absolute Gasteiger partial charge is 0.281 e. The first-order valence-corrected chi connectivity index (χ1v) is 45.7. The van der Waals surface area contributed by atoms with Gasteiger partial charge in [-0.3, -0.25) is 67.0 Å². The highest BCUT2D eigenvalue weighted by atomic mass is 19.2. The molecule has 12 aromatic rings. The number of pyridine rings is 6. The Bertz CT molecular complexity index is 7060. The van der Waals surface area contributed by atoms with E-state index in [0.717, 1.165) is 96.7 Å². The van der Waals surface area contributed by atoms with Gasteiger partial charge >= 0.3 is 0 Å². The summed E-state index contributed by atoms with van der Waals surface area (Å²) in [6.07, 6.45) is 8.08. The first-order chi connectivity index (χ1) is 66.6. The Morgan fingerprint density at radius 3 is 0.943 bits per heavy atom. The predicted octanol–water partition coefficient (Wildman–Crippen LogP) is 14.6. The topological polar surface area (TPSA) is 337 Å². The Kier molecular flexibility index (Phi) is 26.9. The number of aryl methyl sites for hydroxylation is 3. The molecule has 0 aliphatic carbocycles. The minimum Gasteiger partial charge on any atom is -0.507 e. The molecular weight excluding hydrogens is 1830 g/mol. The summed E-state index contributed by atoms with van der Waals surface area (Å²) in [5.74, 6) is -15.9. The zero-order chi connectivity index (χ0) is 101. The van der Waals surface area contributed by atoms with E-state index in [1.165, 1.54) is 45.3 Å². The van der Waals surface area contributed by atoms with Crippen LogP contribution in [0, 0.1) is 79.0 Å². The molecule has 3 saturated heterocycles. The fraction of sp³-hybridized carbons (Fsp3) is 0.330. The number of benzene rings is 6. The van der Waals surface area contributed by atoms with Crippen LogP contribution in [0.5, 0.6) is 17.2 Å². The first kappa shape index (κ1) is 98.3. The highest BCUT2D eigenvalue weighted by Crippen LogP contribution is 2.53. The number of rotatable bonds is 17. The SMILES string of the molecule is C=CC(=O)N1C[C@@H]2C(=O)N(CCO)c3c(c4cc(F)c(-c5c(O)cccc5F)c(F)c4n(-c4c(C)ccnc4C(C)C)c3=O)N2C[C@H]1C.C=CC(=O)N1C[C@@H]2C(=O)N(CCO)c3c(c4cc(F)c(-c5c(O)cccc5F)c(F)c4n(-c4c(C)ccnc4C(C)C)c3=O)N2C[C@H]1C.Cc1ccnc(C(C)C)c1-n1c(=O)c2c(c3cc(F)c(-c4c(O)cccc4F)c(F)c31)N1C[C@@H](C)CC[C@@H]1C(=O)N2CCO. The zero-order valence-corrected chi connectivity index (χ0v) is 78.5. The van der Waals surface area contributed by atoms with Gasteiger partial charge in [-0.05, 0) is 173 Å². The Balaban J connectivity index is 0.000000152. The standard InChI is InChI=1S/2C35H34F3N5O5.C33H33F3N4O4/c2*1-6-25(46)41-16-23-34(47)40(12-13-44)33-32(42(23)15-19(41)5)20-14-22(37)27(26-21(36)8-7-9-24(26)45)28(38)31(20)43(35(33)48)30-18(4)10-11-39-29(30)17(2)3;1-16(2)27-28(18(4)10-11-37-27)40-29-19(14-21(35)25(26(29)36)24-20(34)6-5-7-23(24)42)30-31(33(40)44)38(12-13-41)32(43)22-9-8-17(3)15-39(22)30/h2*6-11,14,17,19,23,44-45H,1,12-13,15-16H2,2-5H3;5-7,10-11,14,16-17,22,41-42H,8-9,12-13,15H2,1-4H3/t2*19-,23-;17-,22+/m110/s1. The lowest BCUT2D eigenvalue weighted by atomic mass is 9.89. The van der Waals surface area contributed by atoms with E-state index in [2.05, 4.69) is 28.1 Å². The fourth-order valence-electron chi connectivity index (χ4n) is 20.6. The molecule has 28 nitrogen and oxygen atoms in total. The maximum absolute atomic E-state index is 17.3. The third-order valence-corrected chi connectivity index (χ3v) is 26.9. The van der Waals surface area contributed by atoms with Gasteiger partial charge in [0, 0.05) is 86.1 Å². The van der Waals surface area contributed by atoms with E-state index in [1.54, 1.807) is 73.7 Å². The fourth-order valence-corrected chi connectivity index (χ4v) is 20.6. The molecule has 0 saturated carbocycles. The van der Waals surface area contributed by atoms with Crippen LogP contribution in [-0.4, -0.2) is 201 Å². The minimum atomic E-state index is -1.32. The van der Waals surface area contributed by atoms with E-state index in [9.17, 15) is 69.0 Å². The number of hydrogen-bond donors (Lipinski definition) is 6. The number of piperidine rings is 1. The second-order valence-corrected chi connectivity index (χ2v) is 36.7. The number of β-amino-alcohol motifs (C(OH)–C–C–N with tert-alkyl or cyclic N) is 3. The number of anilines is 6. The summed E-state index contributed by atoms with van der Waals surface area (Å²) in [6, 6.07) is 13.8. The molecule has 6 aromatic carbocycles. The second kappa shape index (κ2) is 38.2. The third kappa shape index (κ3) is 16.0. The maximum atomic E-state index is 17.3. The van der Waals surface area contributed by atoms with E-state index in [0.29, 0.717) is 46.7 Å². The lowest BCUT2D eigenvalue weighted by molar-refractivity contribution is -0.132. The van der Waals surface area contributed by atoms with Gasteiger partial charge < -0.3 is 69.8 Å². The molecular formula is C103H101F9N14O14. The minimum absolute atomic E-state index is 0.00155. The lowest BCUT2D eigenvalue weighted by Crippen LogP contribution is -2.67. The summed E-state index contributed by atoms with van der Waals surface area (Å²) in [5.41, 5.74) is -5.22. The van der Waals surface area contributed by atoms with Crippen molar-refractivity contribution in [3.8, 4) is 67.7 Å². The molecule has 37 heteroatoms. The molecule has 12 heterocycles. The third-order valence-electron chi connectivity index (χ3n) is 26.9. The van der Waals surface area contributed by atoms with Gasteiger partial charge in [-0.1, -0.05) is 79.8 Å². The van der Waals surface area contributed by atoms with Crippen molar-refractivity contribution in [1.29, 1.82) is 0 Å². The normalized spacial score (nSPS) is 17.8. The molecule has 6 atom stereocenters. The summed E-state index contributed by atoms with van der Waals surface area (Å²) < 4.78 is 149. The number of halogens is 9. The zero-order valence-electron chi connectivity index (χ0n) is 78.5. The van der Waals surface area contributed by atoms with Crippen LogP contribution < -0.4 is 46.1 Å². The number of piperazine rings is 2. The van der Waals surface area contributed by atoms with Crippen LogP contribution in [0.1, 0.15) is 127 Å². The number of carbonyl (C=O) groups is 5. The highest BCUT2D eigenvalue weighted by Gasteiger charge is 2.52. The van der Waals surface area contributed by atoms with Gasteiger partial charge in [0.15, 0.2) is 17.5 Å². The Labute approximate surface area is 796 Å². The molecule has 18 rings (SSSR count). The van der Waals surface area contributed by atoms with E-state index in [1.807, 2.05) is 48.5 Å². The number of phenolic OH excluding ortho intramolecular Hbond substituents is 3. The average Bonchev–Trinajstić information content (AvgIpc) is 0.715. The molecule has 0 bridgehead atoms. The number of phenols is 3. The van der Waals surface area contributed by atoms with Crippen molar-refractivity contribution in [2.75, 3.05) is 102 Å². The Morgan fingerprint density at radius 2 is 0.671 bits per heavy atom. The van der Waals surface area contributed by atoms with Crippen molar-refractivity contribution >= 4 is 96.4 Å². The van der Waals surface area contributed by atoms with Crippen LogP contribution in [0.3, 0.4) is 0 Å². The van der Waals surface area contributed by atoms with Crippen LogP contribution in [0.4, 0.5) is 73.6 Å². The van der Waals surface area contributed by atoms with Crippen molar-refractivity contribution < 1.29 is 94.1 Å². The summed E-state index contributed by atoms with van der Waals surface area (Å²) in [5, 5.41) is 61.5. The molecule has 140 heavy (non-hydrogen) atoms. The molecule has 6 aliphatic rings. The summed E-state index contributed by atoms with van der Waals surface area (Å²) in [6.45, 7) is 26.5. The summed E-state index contributed by atoms with van der Waals surface area (Å²) >= 11 is 0. The number of aromatic nitrogens is 6. The number of aromatic hydroxyl groups is 3. The van der Waals surface area contributed by atoms with Crippen LogP contribution in [-0.2, 0) is 24.0 Å². The summed E-state index contributed by atoms with van der Waals surface area (Å²) in [4.78, 5) is 137. The number of amides is 5. The maximum Gasteiger partial charge on any atom is 0.281 e. The van der Waals surface area contributed by atoms with Crippen LogP contribution in [0.25, 0.3) is 83.2 Å². The van der Waals surface area contributed by atoms with E-state index < -0.39 is 204 Å². The first-order valence-electron chi connectivity index (χ1n) is 45.7. The predicted molar refractivity (Wildman–Crippen MR) is 512 cm³/mol. The van der Waals surface area contributed by atoms with Gasteiger partial charge in [0.2, 0.25) is 17.7 Å². The van der Waals surface area contributed by atoms with Crippen LogP contribution >= 0.6 is 0 Å². The van der Waals surface area contributed by atoms with Gasteiger partial charge in [-0.15, -0.1) is 0 Å². The number of fused-ring (bicyclic) bond motifs is 15. The Morgan fingerprint density at radius 1 is 0.386 bits per heavy atom. The highest BCUT2D eigenvalue weighted by molar-refractivity contribution is 6.16. The van der Waals surface area contributed by atoms with E-state index >= 15 is 39.5 Å². The number of hydrogen-bond acceptors (Lipinski definition) is 20. The van der Waals surface area contributed by atoms with Crippen LogP contribution in [0.15, 0.2) is 149 Å². The Hall–Kier alpha value is -14.7. The summed E-state index contributed by atoms with van der Waals surface area (Å²) in [7, 11) is 0.